The lowest BCUT2D eigenvalue weighted by atomic mass is 9.94. The van der Waals surface area contributed by atoms with Crippen LogP contribution in [0.1, 0.15) is 31.7 Å². The van der Waals surface area contributed by atoms with Gasteiger partial charge in [0.25, 0.3) is 0 Å². The monoisotopic (exact) mass is 343 g/mol. The van der Waals surface area contributed by atoms with Crippen molar-refractivity contribution in [2.45, 2.75) is 26.2 Å². The van der Waals surface area contributed by atoms with Gasteiger partial charge in [-0.05, 0) is 46.8 Å². The van der Waals surface area contributed by atoms with Crippen LogP contribution in [0.5, 0.6) is 0 Å². The van der Waals surface area contributed by atoms with Gasteiger partial charge in [-0.15, -0.1) is 0 Å². The van der Waals surface area contributed by atoms with Crippen molar-refractivity contribution in [1.29, 1.82) is 0 Å². The van der Waals surface area contributed by atoms with Crippen LogP contribution in [0, 0.1) is 11.7 Å². The van der Waals surface area contributed by atoms with E-state index in [-0.39, 0.29) is 16.1 Å². The van der Waals surface area contributed by atoms with Gasteiger partial charge in [0.15, 0.2) is 11.7 Å². The van der Waals surface area contributed by atoms with Crippen molar-refractivity contribution < 1.29 is 9.60 Å². The van der Waals surface area contributed by atoms with Gasteiger partial charge in [0.2, 0.25) is 0 Å². The van der Waals surface area contributed by atoms with Crippen molar-refractivity contribution in [3.05, 3.63) is 28.0 Å². The Morgan fingerprint density at radius 2 is 2.15 bits per heavy atom. The lowest BCUT2D eigenvalue weighted by Crippen LogP contribution is -2.34. The summed E-state index contributed by atoms with van der Waals surface area (Å²) in [7, 11) is 0. The summed E-state index contributed by atoms with van der Waals surface area (Å²) in [6.07, 6.45) is 3.37. The molecule has 3 N–H and O–H groups in total. The first-order chi connectivity index (χ1) is 9.58. The summed E-state index contributed by atoms with van der Waals surface area (Å²) in [6.45, 7) is 3.93. The fourth-order valence-electron chi connectivity index (χ4n) is 2.62. The molecule has 0 unspecified atom stereocenters. The topological polar surface area (TPSA) is 61.8 Å². The number of oxime groups is 1. The number of hydrogen-bond donors (Lipinski definition) is 2. The number of benzene rings is 1. The van der Waals surface area contributed by atoms with E-state index in [1.54, 1.807) is 12.1 Å². The number of anilines is 1. The van der Waals surface area contributed by atoms with Crippen LogP contribution in [0.15, 0.2) is 21.8 Å². The van der Waals surface area contributed by atoms with Crippen LogP contribution in [-0.4, -0.2) is 24.1 Å². The van der Waals surface area contributed by atoms with Gasteiger partial charge in [0.1, 0.15) is 0 Å². The van der Waals surface area contributed by atoms with Crippen molar-refractivity contribution >= 4 is 27.5 Å². The second-order valence-corrected chi connectivity index (χ2v) is 5.88. The average molecular weight is 344 g/mol. The molecule has 0 radical (unpaired) electrons. The Morgan fingerprint density at radius 1 is 1.50 bits per heavy atom. The van der Waals surface area contributed by atoms with Gasteiger partial charge in [-0.2, -0.15) is 0 Å². The molecule has 0 aromatic heterocycles. The number of nitrogens with two attached hydrogens (primary N) is 1. The van der Waals surface area contributed by atoms with Crippen molar-refractivity contribution in [3.63, 3.8) is 0 Å². The van der Waals surface area contributed by atoms with Gasteiger partial charge < -0.3 is 15.8 Å². The summed E-state index contributed by atoms with van der Waals surface area (Å²) in [5.74, 6) is 0.283. The summed E-state index contributed by atoms with van der Waals surface area (Å²) in [5.41, 5.74) is 6.45. The van der Waals surface area contributed by atoms with Crippen molar-refractivity contribution in [2.24, 2.45) is 16.8 Å². The van der Waals surface area contributed by atoms with E-state index in [1.165, 1.54) is 6.42 Å². The minimum absolute atomic E-state index is 0.105. The molecular weight excluding hydrogens is 325 g/mol. The summed E-state index contributed by atoms with van der Waals surface area (Å²) < 4.78 is 14.7. The number of nitrogens with zero attached hydrogens (tertiary/aromatic N) is 2. The van der Waals surface area contributed by atoms with Crippen molar-refractivity contribution in [1.82, 2.24) is 0 Å². The molecule has 0 spiro atoms. The summed E-state index contributed by atoms with van der Waals surface area (Å²) >= 11 is 3.19. The van der Waals surface area contributed by atoms with Gasteiger partial charge in [-0.3, -0.25) is 0 Å². The number of rotatable bonds is 3. The minimum atomic E-state index is -0.357. The molecule has 0 aliphatic carbocycles. The van der Waals surface area contributed by atoms with E-state index in [0.29, 0.717) is 11.3 Å². The van der Waals surface area contributed by atoms with Crippen LogP contribution in [0.2, 0.25) is 0 Å². The molecule has 1 aliphatic rings. The highest BCUT2D eigenvalue weighted by Crippen LogP contribution is 2.32. The highest BCUT2D eigenvalue weighted by Gasteiger charge is 2.22. The Kier molecular flexibility index (Phi) is 4.86. The SMILES string of the molecule is CCC1CCN(c2ccc(/C(N)=N/O)c(Br)c2F)CC1. The summed E-state index contributed by atoms with van der Waals surface area (Å²) in [5, 5.41) is 11.6. The first-order valence-corrected chi connectivity index (χ1v) is 7.58. The fourth-order valence-corrected chi connectivity index (χ4v) is 3.16. The highest BCUT2D eigenvalue weighted by molar-refractivity contribution is 9.10. The standard InChI is InChI=1S/C14H19BrFN3O/c1-2-9-5-7-19(8-6-9)11-4-3-10(14(17)18-20)12(15)13(11)16/h3-4,9,20H,2,5-8H2,1H3,(H2,17,18). The largest absolute Gasteiger partial charge is 0.409 e. The Bertz CT molecular complexity index is 513. The van der Waals surface area contributed by atoms with Crippen LogP contribution in [0.3, 0.4) is 0 Å². The predicted octanol–water partition coefficient (Wildman–Crippen LogP) is 3.31. The van der Waals surface area contributed by atoms with E-state index in [0.717, 1.165) is 31.8 Å². The second kappa shape index (κ2) is 6.43. The zero-order chi connectivity index (χ0) is 14.7. The molecule has 1 heterocycles. The van der Waals surface area contributed by atoms with Gasteiger partial charge in [0, 0.05) is 18.7 Å². The van der Waals surface area contributed by atoms with Crippen LogP contribution >= 0.6 is 15.9 Å². The molecule has 0 saturated carbocycles. The molecule has 1 aromatic carbocycles. The molecule has 1 aromatic rings. The summed E-state index contributed by atoms with van der Waals surface area (Å²) in [6, 6.07) is 3.36. The van der Waals surface area contributed by atoms with E-state index in [1.807, 2.05) is 0 Å². The molecule has 1 saturated heterocycles. The molecule has 0 atom stereocenters. The Hall–Kier alpha value is -1.30. The molecule has 2 rings (SSSR count). The molecule has 110 valence electrons. The van der Waals surface area contributed by atoms with Gasteiger partial charge in [-0.1, -0.05) is 18.5 Å². The summed E-state index contributed by atoms with van der Waals surface area (Å²) in [4.78, 5) is 2.06. The quantitative estimate of drug-likeness (QED) is 0.383. The second-order valence-electron chi connectivity index (χ2n) is 5.08. The molecular formula is C14H19BrFN3O. The van der Waals surface area contributed by atoms with E-state index in [4.69, 9.17) is 10.9 Å². The van der Waals surface area contributed by atoms with E-state index in [9.17, 15) is 4.39 Å². The minimum Gasteiger partial charge on any atom is -0.409 e. The van der Waals surface area contributed by atoms with E-state index in [2.05, 4.69) is 32.9 Å². The zero-order valence-corrected chi connectivity index (χ0v) is 13.0. The maximum atomic E-state index is 14.4. The first-order valence-electron chi connectivity index (χ1n) is 6.79. The molecule has 1 fully saturated rings. The molecule has 0 amide bonds. The third kappa shape index (κ3) is 2.90. The fraction of sp³-hybridized carbons (Fsp3) is 0.500. The Labute approximate surface area is 126 Å². The van der Waals surface area contributed by atoms with Crippen LogP contribution in [0.4, 0.5) is 10.1 Å². The smallest absolute Gasteiger partial charge is 0.171 e. The van der Waals surface area contributed by atoms with Crippen LogP contribution in [0.25, 0.3) is 0 Å². The van der Waals surface area contributed by atoms with Gasteiger partial charge >= 0.3 is 0 Å². The number of halogens is 2. The predicted molar refractivity (Wildman–Crippen MR) is 81.8 cm³/mol. The molecule has 6 heteroatoms. The van der Waals surface area contributed by atoms with Gasteiger partial charge in [-0.25, -0.2) is 4.39 Å². The number of piperidine rings is 1. The van der Waals surface area contributed by atoms with Crippen molar-refractivity contribution in [3.8, 4) is 0 Å². The lowest BCUT2D eigenvalue weighted by Gasteiger charge is -2.33. The highest BCUT2D eigenvalue weighted by atomic mass is 79.9. The third-order valence-electron chi connectivity index (χ3n) is 3.98. The van der Waals surface area contributed by atoms with E-state index < -0.39 is 0 Å². The zero-order valence-electron chi connectivity index (χ0n) is 11.4. The molecule has 0 bridgehead atoms. The van der Waals surface area contributed by atoms with Crippen LogP contribution < -0.4 is 10.6 Å². The normalized spacial score (nSPS) is 17.6. The lowest BCUT2D eigenvalue weighted by molar-refractivity contribution is 0.318. The molecule has 20 heavy (non-hydrogen) atoms. The number of amidine groups is 1. The maximum Gasteiger partial charge on any atom is 0.171 e. The van der Waals surface area contributed by atoms with Crippen molar-refractivity contribution in [2.75, 3.05) is 18.0 Å². The number of hydrogen-bond acceptors (Lipinski definition) is 3. The Balaban J connectivity index is 2.24. The molecule has 4 nitrogen and oxygen atoms in total. The molecule has 1 aliphatic heterocycles. The van der Waals surface area contributed by atoms with Gasteiger partial charge in [0.05, 0.1) is 10.2 Å². The Morgan fingerprint density at radius 3 is 2.70 bits per heavy atom. The first kappa shape index (κ1) is 15.1. The maximum absolute atomic E-state index is 14.4. The average Bonchev–Trinajstić information content (AvgIpc) is 2.49. The third-order valence-corrected chi connectivity index (χ3v) is 4.75. The van der Waals surface area contributed by atoms with Crippen LogP contribution in [-0.2, 0) is 0 Å². The van der Waals surface area contributed by atoms with E-state index >= 15 is 0 Å².